The minimum Gasteiger partial charge on any atom is -0.380 e. The van der Waals surface area contributed by atoms with E-state index < -0.39 is 11.6 Å². The smallest absolute Gasteiger partial charge is 0.175 e. The molecule has 0 amide bonds. The lowest BCUT2D eigenvalue weighted by Gasteiger charge is -2.03. The van der Waals surface area contributed by atoms with Crippen molar-refractivity contribution in [3.63, 3.8) is 0 Å². The van der Waals surface area contributed by atoms with Crippen LogP contribution in [0.25, 0.3) is 11.1 Å². The number of anilines is 1. The van der Waals surface area contributed by atoms with Crippen molar-refractivity contribution < 1.29 is 13.3 Å². The molecular weight excluding hydrogens is 262 g/mol. The van der Waals surface area contributed by atoms with Crippen molar-refractivity contribution in [1.29, 1.82) is 0 Å². The van der Waals surface area contributed by atoms with Gasteiger partial charge in [-0.2, -0.15) is 0 Å². The zero-order valence-electron chi connectivity index (χ0n) is 11.5. The van der Waals surface area contributed by atoms with E-state index in [1.807, 2.05) is 0 Å². The number of nitrogen functional groups attached to an aromatic ring is 1. The molecule has 0 atom stereocenters. The zero-order valence-corrected chi connectivity index (χ0v) is 11.5. The van der Waals surface area contributed by atoms with Crippen molar-refractivity contribution in [2.24, 2.45) is 0 Å². The second-order valence-corrected chi connectivity index (χ2v) is 4.83. The fourth-order valence-corrected chi connectivity index (χ4v) is 2.23. The number of unbranched alkanes of at least 4 members (excludes halogenated alkanes) is 3. The van der Waals surface area contributed by atoms with Gasteiger partial charge in [0.25, 0.3) is 0 Å². The highest BCUT2D eigenvalue weighted by atomic mass is 19.1. The van der Waals surface area contributed by atoms with Crippen LogP contribution in [0, 0.1) is 11.6 Å². The predicted octanol–water partition coefficient (Wildman–Crippen LogP) is 4.32. The Kier molecular flexibility index (Phi) is 4.71. The number of hydrogen-bond donors (Lipinski definition) is 1. The molecule has 1 heterocycles. The summed E-state index contributed by atoms with van der Waals surface area (Å²) in [6.45, 7) is 2.13. The molecule has 5 heteroatoms. The van der Waals surface area contributed by atoms with E-state index in [0.29, 0.717) is 23.3 Å². The lowest BCUT2D eigenvalue weighted by atomic mass is 10.0. The Hall–Kier alpha value is -1.91. The van der Waals surface area contributed by atoms with Crippen molar-refractivity contribution in [2.75, 3.05) is 5.73 Å². The molecule has 2 aromatic rings. The molecule has 0 radical (unpaired) electrons. The second-order valence-electron chi connectivity index (χ2n) is 4.83. The number of benzene rings is 1. The van der Waals surface area contributed by atoms with Crippen LogP contribution < -0.4 is 5.73 Å². The Balaban J connectivity index is 2.24. The van der Waals surface area contributed by atoms with Gasteiger partial charge >= 0.3 is 0 Å². The lowest BCUT2D eigenvalue weighted by Crippen LogP contribution is -1.93. The van der Waals surface area contributed by atoms with Crippen molar-refractivity contribution >= 4 is 5.82 Å². The summed E-state index contributed by atoms with van der Waals surface area (Å²) in [7, 11) is 0. The van der Waals surface area contributed by atoms with Gasteiger partial charge in [0.2, 0.25) is 0 Å². The van der Waals surface area contributed by atoms with Gasteiger partial charge in [-0.15, -0.1) is 0 Å². The van der Waals surface area contributed by atoms with Gasteiger partial charge in [-0.05, 0) is 24.1 Å². The van der Waals surface area contributed by atoms with Crippen molar-refractivity contribution in [3.05, 3.63) is 35.6 Å². The normalized spacial score (nSPS) is 10.9. The number of rotatable bonds is 6. The van der Waals surface area contributed by atoms with Gasteiger partial charge in [-0.1, -0.05) is 31.3 Å². The van der Waals surface area contributed by atoms with Crippen LogP contribution in [0.3, 0.4) is 0 Å². The molecule has 20 heavy (non-hydrogen) atoms. The molecule has 2 N–H and O–H groups in total. The molecule has 0 spiro atoms. The Morgan fingerprint density at radius 2 is 1.80 bits per heavy atom. The largest absolute Gasteiger partial charge is 0.380 e. The maximum atomic E-state index is 13.3. The van der Waals surface area contributed by atoms with Gasteiger partial charge in [-0.3, -0.25) is 0 Å². The highest BCUT2D eigenvalue weighted by molar-refractivity contribution is 5.75. The third-order valence-corrected chi connectivity index (χ3v) is 3.20. The molecule has 0 aliphatic rings. The second kappa shape index (κ2) is 6.50. The molecule has 1 aromatic carbocycles. The molecule has 3 nitrogen and oxygen atoms in total. The van der Waals surface area contributed by atoms with Gasteiger partial charge in [0.15, 0.2) is 5.82 Å². The molecule has 0 fully saturated rings. The summed E-state index contributed by atoms with van der Waals surface area (Å²) in [6.07, 6.45) is 4.97. The third-order valence-electron chi connectivity index (χ3n) is 3.20. The topological polar surface area (TPSA) is 52.0 Å². The first kappa shape index (κ1) is 14.5. The predicted molar refractivity (Wildman–Crippen MR) is 74.1 cm³/mol. The van der Waals surface area contributed by atoms with Crippen LogP contribution in [0.4, 0.5) is 14.6 Å². The summed E-state index contributed by atoms with van der Waals surface area (Å²) in [5.41, 5.74) is 6.62. The summed E-state index contributed by atoms with van der Waals surface area (Å²) >= 11 is 0. The van der Waals surface area contributed by atoms with Gasteiger partial charge in [0.1, 0.15) is 17.4 Å². The summed E-state index contributed by atoms with van der Waals surface area (Å²) in [4.78, 5) is 0. The van der Waals surface area contributed by atoms with Crippen molar-refractivity contribution in [3.8, 4) is 11.1 Å². The first-order valence-electron chi connectivity index (χ1n) is 6.82. The van der Waals surface area contributed by atoms with E-state index in [9.17, 15) is 8.78 Å². The monoisotopic (exact) mass is 280 g/mol. The number of nitrogens with two attached hydrogens (primary N) is 1. The fourth-order valence-electron chi connectivity index (χ4n) is 2.23. The van der Waals surface area contributed by atoms with E-state index >= 15 is 0 Å². The van der Waals surface area contributed by atoms with Crippen LogP contribution >= 0.6 is 0 Å². The van der Waals surface area contributed by atoms with Gasteiger partial charge in [0.05, 0.1) is 5.56 Å². The fraction of sp³-hybridized carbons (Fsp3) is 0.400. The third kappa shape index (κ3) is 3.35. The van der Waals surface area contributed by atoms with E-state index in [2.05, 4.69) is 12.1 Å². The quantitative estimate of drug-likeness (QED) is 0.801. The number of aryl methyl sites for hydroxylation is 1. The average Bonchev–Trinajstić information content (AvgIpc) is 2.75. The summed E-state index contributed by atoms with van der Waals surface area (Å²) in [5.74, 6) is -0.529. The SMILES string of the molecule is CCCCCCc1onc(N)c1-c1cc(F)cc(F)c1. The van der Waals surface area contributed by atoms with Crippen LogP contribution in [0.15, 0.2) is 22.7 Å². The lowest BCUT2D eigenvalue weighted by molar-refractivity contribution is 0.382. The Bertz CT molecular complexity index is 561. The summed E-state index contributed by atoms with van der Waals surface area (Å²) in [5, 5.41) is 3.71. The molecule has 1 aromatic heterocycles. The van der Waals surface area contributed by atoms with Gasteiger partial charge in [-0.25, -0.2) is 8.78 Å². The summed E-state index contributed by atoms with van der Waals surface area (Å²) < 4.78 is 31.8. The first-order chi connectivity index (χ1) is 9.61. The highest BCUT2D eigenvalue weighted by Gasteiger charge is 2.17. The van der Waals surface area contributed by atoms with Crippen LogP contribution in [0.1, 0.15) is 38.4 Å². The Labute approximate surface area is 116 Å². The van der Waals surface area contributed by atoms with Crippen LogP contribution in [0.5, 0.6) is 0 Å². The van der Waals surface area contributed by atoms with Crippen LogP contribution in [-0.2, 0) is 6.42 Å². The minimum absolute atomic E-state index is 0.167. The molecule has 0 unspecified atom stereocenters. The van der Waals surface area contributed by atoms with Crippen molar-refractivity contribution in [2.45, 2.75) is 39.0 Å². The molecule has 0 saturated carbocycles. The molecular formula is C15H18F2N2O. The number of halogens is 2. The maximum Gasteiger partial charge on any atom is 0.175 e. The molecule has 0 bridgehead atoms. The average molecular weight is 280 g/mol. The standard InChI is InChI=1S/C15H18F2N2O/c1-2-3-4-5-6-13-14(15(18)19-20-13)10-7-11(16)9-12(17)8-10/h7-9H,2-6H2,1H3,(H2,18,19). The highest BCUT2D eigenvalue weighted by Crippen LogP contribution is 2.31. The number of hydrogen-bond acceptors (Lipinski definition) is 3. The molecule has 2 rings (SSSR count). The summed E-state index contributed by atoms with van der Waals surface area (Å²) in [6, 6.07) is 3.30. The molecule has 0 saturated heterocycles. The number of nitrogens with zero attached hydrogens (tertiary/aromatic N) is 1. The first-order valence-corrected chi connectivity index (χ1v) is 6.82. The minimum atomic E-state index is -0.641. The van der Waals surface area contributed by atoms with E-state index in [0.717, 1.165) is 31.7 Å². The van der Waals surface area contributed by atoms with E-state index in [4.69, 9.17) is 10.3 Å². The van der Waals surface area contributed by atoms with Crippen LogP contribution in [0.2, 0.25) is 0 Å². The van der Waals surface area contributed by atoms with E-state index in [1.54, 1.807) is 0 Å². The number of aromatic nitrogens is 1. The van der Waals surface area contributed by atoms with E-state index in [1.165, 1.54) is 12.1 Å². The van der Waals surface area contributed by atoms with Crippen molar-refractivity contribution in [1.82, 2.24) is 5.16 Å². The molecule has 108 valence electrons. The molecule has 0 aliphatic heterocycles. The Morgan fingerprint density at radius 3 is 2.45 bits per heavy atom. The van der Waals surface area contributed by atoms with Crippen LogP contribution in [-0.4, -0.2) is 5.16 Å². The van der Waals surface area contributed by atoms with Gasteiger partial charge in [0, 0.05) is 12.5 Å². The van der Waals surface area contributed by atoms with E-state index in [-0.39, 0.29) is 5.82 Å². The Morgan fingerprint density at radius 1 is 1.10 bits per heavy atom. The zero-order chi connectivity index (χ0) is 14.5. The maximum absolute atomic E-state index is 13.3. The molecule has 0 aliphatic carbocycles. The van der Waals surface area contributed by atoms with Gasteiger partial charge < -0.3 is 10.3 Å².